The first-order valence-electron chi connectivity index (χ1n) is 5.47. The fraction of sp³-hybridized carbons (Fsp3) is 0.500. The molecule has 1 aromatic carbocycles. The Balaban J connectivity index is 2.16. The number of halogens is 1. The van der Waals surface area contributed by atoms with Gasteiger partial charge in [-0.1, -0.05) is 6.07 Å². The van der Waals surface area contributed by atoms with E-state index in [1.165, 1.54) is 6.42 Å². The van der Waals surface area contributed by atoms with E-state index in [1.54, 1.807) is 12.1 Å². The van der Waals surface area contributed by atoms with Crippen molar-refractivity contribution in [3.05, 3.63) is 29.6 Å². The van der Waals surface area contributed by atoms with E-state index in [9.17, 15) is 4.39 Å². The highest BCUT2D eigenvalue weighted by molar-refractivity contribution is 5.31. The van der Waals surface area contributed by atoms with Crippen molar-refractivity contribution in [1.29, 1.82) is 0 Å². The van der Waals surface area contributed by atoms with Gasteiger partial charge in [-0.25, -0.2) is 4.39 Å². The Kier molecular flexibility index (Phi) is 3.21. The summed E-state index contributed by atoms with van der Waals surface area (Å²) in [5.74, 6) is 0.0855. The van der Waals surface area contributed by atoms with E-state index in [2.05, 4.69) is 5.32 Å². The van der Waals surface area contributed by atoms with Gasteiger partial charge in [0, 0.05) is 6.04 Å². The summed E-state index contributed by atoms with van der Waals surface area (Å²) < 4.78 is 18.7. The molecule has 1 atom stereocenters. The molecule has 0 radical (unpaired) electrons. The Morgan fingerprint density at radius 2 is 2.40 bits per heavy atom. The van der Waals surface area contributed by atoms with Crippen LogP contribution in [0.4, 0.5) is 4.39 Å². The lowest BCUT2D eigenvalue weighted by Gasteiger charge is -2.12. The Labute approximate surface area is 89.4 Å². The zero-order valence-corrected chi connectivity index (χ0v) is 8.92. The van der Waals surface area contributed by atoms with Gasteiger partial charge in [0.05, 0.1) is 6.61 Å². The van der Waals surface area contributed by atoms with Gasteiger partial charge in [0.25, 0.3) is 0 Å². The van der Waals surface area contributed by atoms with Gasteiger partial charge >= 0.3 is 0 Å². The third kappa shape index (κ3) is 2.29. The summed E-state index contributed by atoms with van der Waals surface area (Å²) >= 11 is 0. The van der Waals surface area contributed by atoms with Gasteiger partial charge in [0.1, 0.15) is 0 Å². The van der Waals surface area contributed by atoms with Crippen LogP contribution in [-0.2, 0) is 0 Å². The first kappa shape index (κ1) is 10.4. The molecule has 0 aliphatic carbocycles. The molecule has 15 heavy (non-hydrogen) atoms. The molecule has 0 saturated carbocycles. The molecule has 1 aromatic rings. The maximum Gasteiger partial charge on any atom is 0.165 e. The average molecular weight is 209 g/mol. The summed E-state index contributed by atoms with van der Waals surface area (Å²) in [4.78, 5) is 0. The minimum atomic E-state index is -0.261. The van der Waals surface area contributed by atoms with Crippen molar-refractivity contribution in [2.75, 3.05) is 13.2 Å². The first-order chi connectivity index (χ1) is 7.31. The van der Waals surface area contributed by atoms with Crippen LogP contribution in [0, 0.1) is 5.82 Å². The molecule has 1 aliphatic heterocycles. The normalized spacial score (nSPS) is 20.5. The lowest BCUT2D eigenvalue weighted by atomic mass is 10.1. The molecule has 2 nitrogen and oxygen atoms in total. The van der Waals surface area contributed by atoms with E-state index in [1.807, 2.05) is 13.0 Å². The highest BCUT2D eigenvalue weighted by atomic mass is 19.1. The number of benzene rings is 1. The molecule has 1 saturated heterocycles. The third-order valence-corrected chi connectivity index (χ3v) is 2.72. The molecule has 2 rings (SSSR count). The van der Waals surface area contributed by atoms with Crippen molar-refractivity contribution in [3.8, 4) is 5.75 Å². The SMILES string of the molecule is CCOc1ccc(C2CCCN2)cc1F. The molecule has 1 aliphatic rings. The summed E-state index contributed by atoms with van der Waals surface area (Å²) in [6.45, 7) is 3.38. The van der Waals surface area contributed by atoms with Gasteiger partial charge in [0.15, 0.2) is 11.6 Å². The van der Waals surface area contributed by atoms with E-state index >= 15 is 0 Å². The van der Waals surface area contributed by atoms with Crippen LogP contribution in [-0.4, -0.2) is 13.2 Å². The van der Waals surface area contributed by atoms with Crippen molar-refractivity contribution in [2.24, 2.45) is 0 Å². The summed E-state index contributed by atoms with van der Waals surface area (Å²) in [7, 11) is 0. The number of nitrogens with one attached hydrogen (secondary N) is 1. The second kappa shape index (κ2) is 4.62. The summed E-state index contributed by atoms with van der Waals surface area (Å²) in [5, 5.41) is 3.34. The third-order valence-electron chi connectivity index (χ3n) is 2.72. The standard InChI is InChI=1S/C12H16FNO/c1-2-15-12-6-5-9(8-10(12)13)11-4-3-7-14-11/h5-6,8,11,14H,2-4,7H2,1H3. The van der Waals surface area contributed by atoms with Gasteiger partial charge in [-0.2, -0.15) is 0 Å². The molecule has 1 fully saturated rings. The van der Waals surface area contributed by atoms with Crippen LogP contribution < -0.4 is 10.1 Å². The highest BCUT2D eigenvalue weighted by Gasteiger charge is 2.17. The van der Waals surface area contributed by atoms with Gasteiger partial charge < -0.3 is 10.1 Å². The molecule has 0 amide bonds. The summed E-state index contributed by atoms with van der Waals surface area (Å²) in [5.41, 5.74) is 1.02. The zero-order valence-electron chi connectivity index (χ0n) is 8.92. The fourth-order valence-electron chi connectivity index (χ4n) is 1.98. The molecule has 82 valence electrons. The molecule has 1 heterocycles. The maximum atomic E-state index is 13.5. The van der Waals surface area contributed by atoms with Gasteiger partial charge in [-0.05, 0) is 44.0 Å². The molecular weight excluding hydrogens is 193 g/mol. The fourth-order valence-corrected chi connectivity index (χ4v) is 1.98. The minimum absolute atomic E-state index is 0.261. The predicted octanol–water partition coefficient (Wildman–Crippen LogP) is 2.65. The predicted molar refractivity (Wildman–Crippen MR) is 57.5 cm³/mol. The monoisotopic (exact) mass is 209 g/mol. The van der Waals surface area contributed by atoms with Crippen LogP contribution in [0.5, 0.6) is 5.75 Å². The Hall–Kier alpha value is -1.09. The molecule has 0 bridgehead atoms. The molecule has 3 heteroatoms. The molecular formula is C12H16FNO. The Morgan fingerprint density at radius 3 is 3.00 bits per heavy atom. The first-order valence-corrected chi connectivity index (χ1v) is 5.47. The van der Waals surface area contributed by atoms with Crippen molar-refractivity contribution >= 4 is 0 Å². The number of hydrogen-bond donors (Lipinski definition) is 1. The van der Waals surface area contributed by atoms with E-state index in [0.29, 0.717) is 18.4 Å². The molecule has 0 aromatic heterocycles. The van der Waals surface area contributed by atoms with E-state index in [0.717, 1.165) is 18.5 Å². The summed E-state index contributed by atoms with van der Waals surface area (Å²) in [6.07, 6.45) is 2.26. The van der Waals surface area contributed by atoms with Gasteiger partial charge in [-0.15, -0.1) is 0 Å². The second-order valence-corrected chi connectivity index (χ2v) is 3.77. The Bertz CT molecular complexity index is 334. The van der Waals surface area contributed by atoms with Gasteiger partial charge in [-0.3, -0.25) is 0 Å². The molecule has 1 unspecified atom stereocenters. The quantitative estimate of drug-likeness (QED) is 0.826. The van der Waals surface area contributed by atoms with Crippen LogP contribution in [0.15, 0.2) is 18.2 Å². The van der Waals surface area contributed by atoms with Crippen LogP contribution >= 0.6 is 0 Å². The lowest BCUT2D eigenvalue weighted by molar-refractivity contribution is 0.321. The second-order valence-electron chi connectivity index (χ2n) is 3.77. The minimum Gasteiger partial charge on any atom is -0.491 e. The van der Waals surface area contributed by atoms with E-state index in [-0.39, 0.29) is 5.82 Å². The van der Waals surface area contributed by atoms with Crippen LogP contribution in [0.3, 0.4) is 0 Å². The van der Waals surface area contributed by atoms with Crippen LogP contribution in [0.25, 0.3) is 0 Å². The largest absolute Gasteiger partial charge is 0.491 e. The number of ether oxygens (including phenoxy) is 1. The molecule has 0 spiro atoms. The smallest absolute Gasteiger partial charge is 0.165 e. The van der Waals surface area contributed by atoms with Crippen molar-refractivity contribution < 1.29 is 9.13 Å². The highest BCUT2D eigenvalue weighted by Crippen LogP contribution is 2.26. The van der Waals surface area contributed by atoms with Crippen molar-refractivity contribution in [1.82, 2.24) is 5.32 Å². The zero-order chi connectivity index (χ0) is 10.7. The topological polar surface area (TPSA) is 21.3 Å². The number of rotatable bonds is 3. The maximum absolute atomic E-state index is 13.5. The average Bonchev–Trinajstić information content (AvgIpc) is 2.74. The van der Waals surface area contributed by atoms with Gasteiger partial charge in [0.2, 0.25) is 0 Å². The number of hydrogen-bond acceptors (Lipinski definition) is 2. The van der Waals surface area contributed by atoms with E-state index < -0.39 is 0 Å². The lowest BCUT2D eigenvalue weighted by Crippen LogP contribution is -2.13. The molecule has 1 N–H and O–H groups in total. The van der Waals surface area contributed by atoms with E-state index in [4.69, 9.17) is 4.74 Å². The van der Waals surface area contributed by atoms with Crippen LogP contribution in [0.1, 0.15) is 31.4 Å². The van der Waals surface area contributed by atoms with Crippen LogP contribution in [0.2, 0.25) is 0 Å². The van der Waals surface area contributed by atoms with Crippen molar-refractivity contribution in [2.45, 2.75) is 25.8 Å². The summed E-state index contributed by atoms with van der Waals surface area (Å²) in [6, 6.07) is 5.55. The Morgan fingerprint density at radius 1 is 1.53 bits per heavy atom. The van der Waals surface area contributed by atoms with Crippen molar-refractivity contribution in [3.63, 3.8) is 0 Å².